The smallest absolute Gasteiger partial charge is 0.364 e. The Morgan fingerprint density at radius 1 is 1.27 bits per heavy atom. The highest BCUT2D eigenvalue weighted by Gasteiger charge is 2.43. The van der Waals surface area contributed by atoms with Crippen LogP contribution in [0.5, 0.6) is 0 Å². The molecule has 15 heavy (non-hydrogen) atoms. The molecule has 0 bridgehead atoms. The fraction of sp³-hybridized carbons (Fsp3) is 1.00. The van der Waals surface area contributed by atoms with E-state index in [1.807, 2.05) is 13.8 Å². The van der Waals surface area contributed by atoms with Gasteiger partial charge in [-0.05, 0) is 20.4 Å². The molecule has 0 saturated carbocycles. The number of likely N-dealkylation sites (N-methyl/N-ethyl adjacent to an activating group) is 1. The summed E-state index contributed by atoms with van der Waals surface area (Å²) in [5.41, 5.74) is 0. The van der Waals surface area contributed by atoms with Crippen LogP contribution in [-0.4, -0.2) is 43.4 Å². The second-order valence-corrected chi connectivity index (χ2v) is 3.53. The van der Waals surface area contributed by atoms with E-state index in [9.17, 15) is 13.2 Å². The van der Waals surface area contributed by atoms with Crippen LogP contribution >= 0.6 is 0 Å². The second kappa shape index (κ2) is 6.33. The van der Waals surface area contributed by atoms with Gasteiger partial charge in [-0.3, -0.25) is 0 Å². The first-order chi connectivity index (χ1) is 6.89. The third-order valence-corrected chi connectivity index (χ3v) is 2.16. The number of hydrogen-bond donors (Lipinski definition) is 0. The van der Waals surface area contributed by atoms with Gasteiger partial charge >= 0.3 is 6.18 Å². The maximum absolute atomic E-state index is 12.3. The third kappa shape index (κ3) is 5.37. The van der Waals surface area contributed by atoms with Gasteiger partial charge in [0.05, 0.1) is 6.10 Å². The van der Waals surface area contributed by atoms with Gasteiger partial charge in [0.25, 0.3) is 0 Å². The maximum atomic E-state index is 12.3. The largest absolute Gasteiger partial charge is 0.415 e. The van der Waals surface area contributed by atoms with Gasteiger partial charge in [-0.2, -0.15) is 13.2 Å². The van der Waals surface area contributed by atoms with Crippen molar-refractivity contribution in [1.29, 1.82) is 0 Å². The van der Waals surface area contributed by atoms with Crippen LogP contribution in [0.3, 0.4) is 0 Å². The van der Waals surface area contributed by atoms with Crippen LogP contribution in [0.15, 0.2) is 0 Å². The summed E-state index contributed by atoms with van der Waals surface area (Å²) in [7, 11) is 1.68. The number of nitrogens with zero attached hydrogens (tertiary/aromatic N) is 1. The van der Waals surface area contributed by atoms with Gasteiger partial charge in [0.2, 0.25) is 0 Å². The molecule has 0 aromatic rings. The molecule has 5 heteroatoms. The fourth-order valence-corrected chi connectivity index (χ4v) is 1.35. The third-order valence-electron chi connectivity index (χ3n) is 2.16. The van der Waals surface area contributed by atoms with E-state index in [4.69, 9.17) is 4.74 Å². The number of ether oxygens (including phenoxy) is 1. The zero-order valence-electron chi connectivity index (χ0n) is 9.77. The molecular formula is C10H20F3NO. The number of hydrogen-bond acceptors (Lipinski definition) is 2. The van der Waals surface area contributed by atoms with E-state index in [0.717, 1.165) is 0 Å². The number of rotatable bonds is 0. The lowest BCUT2D eigenvalue weighted by Gasteiger charge is -2.23. The van der Waals surface area contributed by atoms with E-state index >= 15 is 0 Å². The Labute approximate surface area is 89.4 Å². The van der Waals surface area contributed by atoms with Crippen LogP contribution in [0.2, 0.25) is 0 Å². The Balaban J connectivity index is 0.000000921. The summed E-state index contributed by atoms with van der Waals surface area (Å²) >= 11 is 0. The first-order valence-corrected chi connectivity index (χ1v) is 5.30. The molecule has 2 atom stereocenters. The first kappa shape index (κ1) is 14.7. The van der Waals surface area contributed by atoms with Gasteiger partial charge in [0.1, 0.15) is 0 Å². The van der Waals surface area contributed by atoms with E-state index in [1.165, 1.54) is 0 Å². The lowest BCUT2D eigenvalue weighted by molar-refractivity contribution is -0.229. The van der Waals surface area contributed by atoms with Crippen LogP contribution in [-0.2, 0) is 4.74 Å². The zero-order valence-corrected chi connectivity index (χ0v) is 9.77. The number of alkyl halides is 3. The predicted molar refractivity (Wildman–Crippen MR) is 53.9 cm³/mol. The van der Waals surface area contributed by atoms with Crippen molar-refractivity contribution in [2.75, 3.05) is 20.1 Å². The summed E-state index contributed by atoms with van der Waals surface area (Å²) in [4.78, 5) is 1.65. The minimum atomic E-state index is -4.24. The van der Waals surface area contributed by atoms with Crippen molar-refractivity contribution < 1.29 is 17.9 Å². The van der Waals surface area contributed by atoms with Gasteiger partial charge in [0.15, 0.2) is 6.10 Å². The molecule has 1 rings (SSSR count). The summed E-state index contributed by atoms with van der Waals surface area (Å²) in [6.45, 7) is 6.28. The molecule has 0 amide bonds. The highest BCUT2D eigenvalue weighted by molar-refractivity contribution is 4.76. The Bertz CT molecular complexity index is 161. The topological polar surface area (TPSA) is 12.5 Å². The van der Waals surface area contributed by atoms with E-state index < -0.39 is 12.3 Å². The fourth-order valence-electron chi connectivity index (χ4n) is 1.35. The molecule has 0 aliphatic carbocycles. The average Bonchev–Trinajstić information content (AvgIpc) is 2.31. The van der Waals surface area contributed by atoms with Crippen molar-refractivity contribution in [3.63, 3.8) is 0 Å². The summed E-state index contributed by atoms with van der Waals surface area (Å²) in [5.74, 6) is 0. The Morgan fingerprint density at radius 3 is 2.27 bits per heavy atom. The normalized spacial score (nSPS) is 29.0. The maximum Gasteiger partial charge on any atom is 0.415 e. The molecule has 2 unspecified atom stereocenters. The molecule has 1 heterocycles. The molecular weight excluding hydrogens is 207 g/mol. The zero-order chi connectivity index (χ0) is 12.1. The molecule has 92 valence electrons. The SMILES string of the molecule is CC.CC1CCN(C)CC(C(F)(F)F)O1. The highest BCUT2D eigenvalue weighted by Crippen LogP contribution is 2.26. The van der Waals surface area contributed by atoms with Crippen LogP contribution in [0.4, 0.5) is 13.2 Å². The minimum absolute atomic E-state index is 0.0617. The van der Waals surface area contributed by atoms with Crippen molar-refractivity contribution in [1.82, 2.24) is 4.90 Å². The van der Waals surface area contributed by atoms with E-state index in [0.29, 0.717) is 13.0 Å². The van der Waals surface area contributed by atoms with Crippen LogP contribution in [0.25, 0.3) is 0 Å². The van der Waals surface area contributed by atoms with E-state index in [1.54, 1.807) is 18.9 Å². The van der Waals surface area contributed by atoms with Crippen LogP contribution in [0.1, 0.15) is 27.2 Å². The summed E-state index contributed by atoms with van der Waals surface area (Å²) in [6, 6.07) is 0. The van der Waals surface area contributed by atoms with Gasteiger partial charge in [-0.25, -0.2) is 0 Å². The van der Waals surface area contributed by atoms with E-state index in [-0.39, 0.29) is 12.6 Å². The molecule has 1 aliphatic rings. The Hall–Kier alpha value is -0.290. The van der Waals surface area contributed by atoms with Crippen molar-refractivity contribution in [2.45, 2.75) is 45.6 Å². The molecule has 2 nitrogen and oxygen atoms in total. The molecule has 1 saturated heterocycles. The number of halogens is 3. The lowest BCUT2D eigenvalue weighted by atomic mass is 10.3. The average molecular weight is 227 g/mol. The Morgan fingerprint density at radius 2 is 1.80 bits per heavy atom. The summed E-state index contributed by atoms with van der Waals surface area (Å²) in [5, 5.41) is 0. The molecule has 1 fully saturated rings. The molecule has 0 N–H and O–H groups in total. The van der Waals surface area contributed by atoms with Crippen molar-refractivity contribution in [2.24, 2.45) is 0 Å². The van der Waals surface area contributed by atoms with Gasteiger partial charge in [0, 0.05) is 13.1 Å². The monoisotopic (exact) mass is 227 g/mol. The van der Waals surface area contributed by atoms with Gasteiger partial charge in [-0.1, -0.05) is 13.8 Å². The molecule has 0 aromatic heterocycles. The molecule has 0 spiro atoms. The predicted octanol–water partition coefficient (Wildman–Crippen LogP) is 2.68. The van der Waals surface area contributed by atoms with Crippen molar-refractivity contribution >= 4 is 0 Å². The van der Waals surface area contributed by atoms with Crippen molar-refractivity contribution in [3.8, 4) is 0 Å². The van der Waals surface area contributed by atoms with Crippen molar-refractivity contribution in [3.05, 3.63) is 0 Å². The highest BCUT2D eigenvalue weighted by atomic mass is 19.4. The quantitative estimate of drug-likeness (QED) is 0.631. The van der Waals surface area contributed by atoms with E-state index in [2.05, 4.69) is 0 Å². The molecule has 1 aliphatic heterocycles. The second-order valence-electron chi connectivity index (χ2n) is 3.53. The van der Waals surface area contributed by atoms with Crippen LogP contribution < -0.4 is 0 Å². The van der Waals surface area contributed by atoms with Gasteiger partial charge < -0.3 is 9.64 Å². The standard InChI is InChI=1S/C8H14F3NO.C2H6/c1-6-3-4-12(2)5-7(13-6)8(9,10)11;1-2/h6-7H,3-5H2,1-2H3;1-2H3. The summed E-state index contributed by atoms with van der Waals surface area (Å²) in [6.07, 6.45) is -5.53. The first-order valence-electron chi connectivity index (χ1n) is 5.30. The molecule has 0 radical (unpaired) electrons. The lowest BCUT2D eigenvalue weighted by Crippen LogP contribution is -2.40. The molecule has 0 aromatic carbocycles. The Kier molecular flexibility index (Phi) is 6.20. The van der Waals surface area contributed by atoms with Gasteiger partial charge in [-0.15, -0.1) is 0 Å². The summed E-state index contributed by atoms with van der Waals surface area (Å²) < 4.78 is 41.8. The van der Waals surface area contributed by atoms with Crippen LogP contribution in [0, 0.1) is 0 Å². The minimum Gasteiger partial charge on any atom is -0.364 e.